The third kappa shape index (κ3) is 2.05. The molecule has 0 bridgehead atoms. The monoisotopic (exact) mass is 225 g/mol. The Hall–Kier alpha value is -1.85. The second-order valence-electron chi connectivity index (χ2n) is 3.56. The summed E-state index contributed by atoms with van der Waals surface area (Å²) in [4.78, 5) is 23.9. The highest BCUT2D eigenvalue weighted by Crippen LogP contribution is 2.20. The Labute approximate surface area is 93.4 Å². The third-order valence-electron chi connectivity index (χ3n) is 2.37. The van der Waals surface area contributed by atoms with Crippen molar-refractivity contribution in [2.75, 3.05) is 6.54 Å². The van der Waals surface area contributed by atoms with Crippen molar-refractivity contribution in [3.8, 4) is 0 Å². The quantitative estimate of drug-likeness (QED) is 0.410. The highest BCUT2D eigenvalue weighted by molar-refractivity contribution is 6.25. The van der Waals surface area contributed by atoms with Crippen LogP contribution in [-0.4, -0.2) is 34.1 Å². The molecule has 0 atom stereocenters. The molecule has 2 amide bonds. The SMILES string of the molecule is CCC/C(=N\N)C1=C(O)CN(C(C)=O)C1=O. The molecular formula is C10H15N3O3. The first-order chi connectivity index (χ1) is 7.52. The molecule has 0 spiro atoms. The number of carbonyl (C=O) groups is 2. The minimum absolute atomic E-state index is 0.0690. The molecule has 0 aromatic carbocycles. The normalized spacial score (nSPS) is 17.2. The first-order valence-corrected chi connectivity index (χ1v) is 5.04. The van der Waals surface area contributed by atoms with Gasteiger partial charge in [0.25, 0.3) is 5.91 Å². The van der Waals surface area contributed by atoms with Gasteiger partial charge in [0.2, 0.25) is 5.91 Å². The number of aliphatic hydroxyl groups excluding tert-OH is 1. The van der Waals surface area contributed by atoms with Gasteiger partial charge in [-0.2, -0.15) is 5.10 Å². The van der Waals surface area contributed by atoms with Crippen LogP contribution in [0.15, 0.2) is 16.4 Å². The zero-order valence-corrected chi connectivity index (χ0v) is 9.36. The van der Waals surface area contributed by atoms with E-state index in [4.69, 9.17) is 5.84 Å². The Kier molecular flexibility index (Phi) is 3.65. The van der Waals surface area contributed by atoms with E-state index in [0.29, 0.717) is 12.1 Å². The first kappa shape index (κ1) is 12.2. The molecule has 0 unspecified atom stereocenters. The summed E-state index contributed by atoms with van der Waals surface area (Å²) < 4.78 is 0. The predicted molar refractivity (Wildman–Crippen MR) is 58.6 cm³/mol. The molecule has 1 heterocycles. The standard InChI is InChI=1S/C10H15N3O3/c1-3-4-7(12-11)9-8(15)5-13(6(2)14)10(9)16/h15H,3-5,11H2,1-2H3/b12-7+. The molecular weight excluding hydrogens is 210 g/mol. The Morgan fingerprint density at radius 3 is 2.62 bits per heavy atom. The van der Waals surface area contributed by atoms with Crippen LogP contribution in [0.5, 0.6) is 0 Å². The summed E-state index contributed by atoms with van der Waals surface area (Å²) in [6.45, 7) is 3.09. The van der Waals surface area contributed by atoms with E-state index in [1.165, 1.54) is 6.92 Å². The molecule has 0 aromatic heterocycles. The third-order valence-corrected chi connectivity index (χ3v) is 2.37. The van der Waals surface area contributed by atoms with E-state index < -0.39 is 11.8 Å². The molecule has 0 aromatic rings. The summed E-state index contributed by atoms with van der Waals surface area (Å²) >= 11 is 0. The molecule has 0 radical (unpaired) electrons. The molecule has 6 heteroatoms. The molecule has 0 saturated carbocycles. The summed E-state index contributed by atoms with van der Waals surface area (Å²) in [5.74, 6) is 4.10. The number of hydrazone groups is 1. The van der Waals surface area contributed by atoms with E-state index in [1.807, 2.05) is 6.92 Å². The number of hydrogen-bond donors (Lipinski definition) is 2. The largest absolute Gasteiger partial charge is 0.509 e. The van der Waals surface area contributed by atoms with Gasteiger partial charge in [0.15, 0.2) is 0 Å². The lowest BCUT2D eigenvalue weighted by Crippen LogP contribution is -2.33. The molecule has 0 aliphatic carbocycles. The first-order valence-electron chi connectivity index (χ1n) is 5.04. The van der Waals surface area contributed by atoms with Crippen LogP contribution in [0.2, 0.25) is 0 Å². The van der Waals surface area contributed by atoms with Crippen molar-refractivity contribution in [2.24, 2.45) is 10.9 Å². The zero-order valence-electron chi connectivity index (χ0n) is 9.36. The van der Waals surface area contributed by atoms with E-state index in [-0.39, 0.29) is 17.9 Å². The number of aliphatic hydroxyl groups is 1. The summed E-state index contributed by atoms with van der Waals surface area (Å²) in [6, 6.07) is 0. The Bertz CT molecular complexity index is 385. The molecule has 0 fully saturated rings. The molecule has 1 aliphatic heterocycles. The molecule has 1 aliphatic rings. The maximum Gasteiger partial charge on any atom is 0.266 e. The minimum atomic E-state index is -0.525. The van der Waals surface area contributed by atoms with Crippen molar-refractivity contribution in [1.82, 2.24) is 4.90 Å². The van der Waals surface area contributed by atoms with Gasteiger partial charge >= 0.3 is 0 Å². The number of rotatable bonds is 3. The highest BCUT2D eigenvalue weighted by Gasteiger charge is 2.35. The lowest BCUT2D eigenvalue weighted by Gasteiger charge is -2.11. The van der Waals surface area contributed by atoms with E-state index in [0.717, 1.165) is 11.3 Å². The van der Waals surface area contributed by atoms with E-state index in [9.17, 15) is 14.7 Å². The van der Waals surface area contributed by atoms with Crippen molar-refractivity contribution >= 4 is 17.5 Å². The summed E-state index contributed by atoms with van der Waals surface area (Å²) in [5.41, 5.74) is 0.410. The van der Waals surface area contributed by atoms with Crippen LogP contribution >= 0.6 is 0 Å². The topological polar surface area (TPSA) is 96.0 Å². The molecule has 1 rings (SSSR count). The van der Waals surface area contributed by atoms with Crippen LogP contribution in [0.25, 0.3) is 0 Å². The molecule has 6 nitrogen and oxygen atoms in total. The fourth-order valence-corrected chi connectivity index (χ4v) is 1.59. The fraction of sp³-hybridized carbons (Fsp3) is 0.500. The number of imide groups is 1. The number of carbonyl (C=O) groups excluding carboxylic acids is 2. The molecule has 16 heavy (non-hydrogen) atoms. The van der Waals surface area contributed by atoms with Crippen molar-refractivity contribution < 1.29 is 14.7 Å². The van der Waals surface area contributed by atoms with Gasteiger partial charge in [-0.05, 0) is 6.42 Å². The highest BCUT2D eigenvalue weighted by atomic mass is 16.3. The van der Waals surface area contributed by atoms with Crippen molar-refractivity contribution in [3.63, 3.8) is 0 Å². The van der Waals surface area contributed by atoms with E-state index >= 15 is 0 Å². The second kappa shape index (κ2) is 4.78. The van der Waals surface area contributed by atoms with Gasteiger partial charge in [0.1, 0.15) is 11.3 Å². The Morgan fingerprint density at radius 1 is 1.62 bits per heavy atom. The van der Waals surface area contributed by atoms with E-state index in [1.54, 1.807) is 0 Å². The van der Waals surface area contributed by atoms with Crippen LogP contribution in [0.3, 0.4) is 0 Å². The Balaban J connectivity index is 3.01. The van der Waals surface area contributed by atoms with Gasteiger partial charge in [-0.1, -0.05) is 13.3 Å². The van der Waals surface area contributed by atoms with Crippen LogP contribution in [-0.2, 0) is 9.59 Å². The smallest absolute Gasteiger partial charge is 0.266 e. The number of amides is 2. The summed E-state index contributed by atoms with van der Waals surface area (Å²) in [5, 5.41) is 13.1. The maximum absolute atomic E-state index is 11.8. The summed E-state index contributed by atoms with van der Waals surface area (Å²) in [7, 11) is 0. The second-order valence-corrected chi connectivity index (χ2v) is 3.56. The average molecular weight is 225 g/mol. The van der Waals surface area contributed by atoms with Crippen LogP contribution in [0, 0.1) is 0 Å². The lowest BCUT2D eigenvalue weighted by molar-refractivity contribution is -0.139. The maximum atomic E-state index is 11.8. The van der Waals surface area contributed by atoms with Gasteiger partial charge in [0.05, 0.1) is 12.3 Å². The Morgan fingerprint density at radius 2 is 2.25 bits per heavy atom. The van der Waals surface area contributed by atoms with Crippen molar-refractivity contribution in [2.45, 2.75) is 26.7 Å². The zero-order chi connectivity index (χ0) is 12.3. The lowest BCUT2D eigenvalue weighted by atomic mass is 10.1. The van der Waals surface area contributed by atoms with Gasteiger partial charge in [-0.15, -0.1) is 0 Å². The van der Waals surface area contributed by atoms with Crippen LogP contribution in [0.1, 0.15) is 26.7 Å². The van der Waals surface area contributed by atoms with Gasteiger partial charge in [-0.3, -0.25) is 14.5 Å². The molecule has 3 N–H and O–H groups in total. The summed E-state index contributed by atoms with van der Waals surface area (Å²) in [6.07, 6.45) is 1.24. The van der Waals surface area contributed by atoms with Crippen LogP contribution < -0.4 is 5.84 Å². The number of nitrogens with zero attached hydrogens (tertiary/aromatic N) is 2. The van der Waals surface area contributed by atoms with E-state index in [2.05, 4.69) is 5.10 Å². The number of nitrogens with two attached hydrogens (primary N) is 1. The van der Waals surface area contributed by atoms with Crippen molar-refractivity contribution in [1.29, 1.82) is 0 Å². The molecule has 0 saturated heterocycles. The average Bonchev–Trinajstić information content (AvgIpc) is 2.52. The van der Waals surface area contributed by atoms with Gasteiger partial charge in [-0.25, -0.2) is 0 Å². The predicted octanol–water partition coefficient (Wildman–Crippen LogP) is 0.302. The van der Waals surface area contributed by atoms with Crippen molar-refractivity contribution in [3.05, 3.63) is 11.3 Å². The van der Waals surface area contributed by atoms with Gasteiger partial charge in [0, 0.05) is 6.92 Å². The minimum Gasteiger partial charge on any atom is -0.509 e. The van der Waals surface area contributed by atoms with Crippen LogP contribution in [0.4, 0.5) is 0 Å². The molecule has 88 valence electrons. The van der Waals surface area contributed by atoms with Gasteiger partial charge < -0.3 is 10.9 Å². The number of hydrogen-bond acceptors (Lipinski definition) is 5. The fourth-order valence-electron chi connectivity index (χ4n) is 1.59.